The van der Waals surface area contributed by atoms with Gasteiger partial charge < -0.3 is 0 Å². The Labute approximate surface area is 76.9 Å². The van der Waals surface area contributed by atoms with Gasteiger partial charge in [0.15, 0.2) is 0 Å². The van der Waals surface area contributed by atoms with E-state index in [-0.39, 0.29) is 0 Å². The van der Waals surface area contributed by atoms with E-state index >= 15 is 0 Å². The molecule has 0 amide bonds. The van der Waals surface area contributed by atoms with Crippen molar-refractivity contribution < 1.29 is 0 Å². The van der Waals surface area contributed by atoms with E-state index < -0.39 is 0 Å². The average Bonchev–Trinajstić information content (AvgIpc) is 2.30. The maximum Gasteiger partial charge on any atom is 0.0733 e. The molecule has 0 spiro atoms. The molecule has 0 fully saturated rings. The topological polar surface area (TPSA) is 17.8 Å². The predicted octanol–water partition coefficient (Wildman–Crippen LogP) is 2.21. The van der Waals surface area contributed by atoms with Crippen molar-refractivity contribution in [2.75, 3.05) is 0 Å². The van der Waals surface area contributed by atoms with Gasteiger partial charge in [0.2, 0.25) is 0 Å². The Hall–Kier alpha value is 0.170. The van der Waals surface area contributed by atoms with E-state index in [1.165, 1.54) is 5.69 Å². The monoisotopic (exact) mass is 266 g/mol. The smallest absolute Gasteiger partial charge is 0.0733 e. The molecule has 1 rings (SSSR count). The molecule has 0 aromatic carbocycles. The van der Waals surface area contributed by atoms with Crippen LogP contribution in [0.2, 0.25) is 0 Å². The largest absolute Gasteiger partial charge is 0.272 e. The highest BCUT2D eigenvalue weighted by molar-refractivity contribution is 9.08. The fraction of sp³-hybridized carbons (Fsp3) is 0.500. The molecular formula is C6H8Br2N2. The number of nitrogens with zero attached hydrogens (tertiary/aromatic N) is 2. The molecule has 1 aromatic heterocycles. The molecule has 0 saturated heterocycles. The van der Waals surface area contributed by atoms with Crippen LogP contribution in [0.1, 0.15) is 11.4 Å². The van der Waals surface area contributed by atoms with Crippen molar-refractivity contribution in [1.29, 1.82) is 0 Å². The minimum atomic E-state index is 0.827. The predicted molar refractivity (Wildman–Crippen MR) is 48.5 cm³/mol. The highest BCUT2D eigenvalue weighted by atomic mass is 79.9. The molecule has 0 aliphatic rings. The molecule has 0 saturated carbocycles. The first kappa shape index (κ1) is 8.27. The summed E-state index contributed by atoms with van der Waals surface area (Å²) in [5.74, 6) is 0. The number of aromatic nitrogens is 2. The van der Waals surface area contributed by atoms with Gasteiger partial charge in [0.25, 0.3) is 0 Å². The molecule has 0 N–H and O–H groups in total. The van der Waals surface area contributed by atoms with E-state index in [1.54, 1.807) is 0 Å². The molecule has 1 aromatic rings. The Morgan fingerprint density at radius 2 is 2.20 bits per heavy atom. The average molecular weight is 268 g/mol. The van der Waals surface area contributed by atoms with E-state index in [1.807, 2.05) is 11.7 Å². The first-order valence-corrected chi connectivity index (χ1v) is 5.16. The lowest BCUT2D eigenvalue weighted by atomic mass is 10.4. The highest BCUT2D eigenvalue weighted by Crippen LogP contribution is 2.09. The van der Waals surface area contributed by atoms with E-state index in [2.05, 4.69) is 43.0 Å². The molecule has 0 atom stereocenters. The van der Waals surface area contributed by atoms with Gasteiger partial charge in [-0.3, -0.25) is 4.68 Å². The van der Waals surface area contributed by atoms with Crippen molar-refractivity contribution in [3.05, 3.63) is 17.5 Å². The van der Waals surface area contributed by atoms with Gasteiger partial charge in [0.1, 0.15) is 0 Å². The number of hydrogen-bond donors (Lipinski definition) is 0. The van der Waals surface area contributed by atoms with Gasteiger partial charge in [-0.15, -0.1) is 0 Å². The Morgan fingerprint density at radius 3 is 2.50 bits per heavy atom. The van der Waals surface area contributed by atoms with E-state index in [4.69, 9.17) is 0 Å². The molecule has 0 unspecified atom stereocenters. The van der Waals surface area contributed by atoms with E-state index in [0.717, 1.165) is 16.4 Å². The lowest BCUT2D eigenvalue weighted by Crippen LogP contribution is -1.94. The molecule has 56 valence electrons. The lowest BCUT2D eigenvalue weighted by molar-refractivity contribution is 0.728. The van der Waals surface area contributed by atoms with Gasteiger partial charge in [-0.05, 0) is 6.07 Å². The van der Waals surface area contributed by atoms with Crippen LogP contribution in [0, 0.1) is 0 Å². The number of halogens is 2. The molecule has 0 aliphatic carbocycles. The second kappa shape index (κ2) is 3.53. The van der Waals surface area contributed by atoms with Crippen molar-refractivity contribution in [1.82, 2.24) is 9.78 Å². The van der Waals surface area contributed by atoms with Crippen LogP contribution in [-0.4, -0.2) is 9.78 Å². The Balaban J connectivity index is 2.92. The molecular weight excluding hydrogens is 260 g/mol. The molecule has 4 heteroatoms. The summed E-state index contributed by atoms with van der Waals surface area (Å²) in [5, 5.41) is 5.93. The van der Waals surface area contributed by atoms with Crippen molar-refractivity contribution >= 4 is 31.9 Å². The summed E-state index contributed by atoms with van der Waals surface area (Å²) in [6, 6.07) is 2.07. The van der Waals surface area contributed by atoms with Crippen LogP contribution in [0.3, 0.4) is 0 Å². The van der Waals surface area contributed by atoms with Crippen molar-refractivity contribution in [3.8, 4) is 0 Å². The van der Waals surface area contributed by atoms with E-state index in [9.17, 15) is 0 Å². The lowest BCUT2D eigenvalue weighted by Gasteiger charge is -1.91. The number of rotatable bonds is 2. The summed E-state index contributed by atoms with van der Waals surface area (Å²) in [7, 11) is 1.95. The van der Waals surface area contributed by atoms with E-state index in [0.29, 0.717) is 0 Å². The van der Waals surface area contributed by atoms with Crippen molar-refractivity contribution in [2.24, 2.45) is 7.05 Å². The van der Waals surface area contributed by atoms with Gasteiger partial charge in [-0.25, -0.2) is 0 Å². The zero-order valence-corrected chi connectivity index (χ0v) is 8.81. The zero-order valence-electron chi connectivity index (χ0n) is 5.64. The number of hydrogen-bond acceptors (Lipinski definition) is 1. The molecule has 1 heterocycles. The SMILES string of the molecule is Cn1nc(CBr)cc1CBr. The minimum absolute atomic E-state index is 0.827. The van der Waals surface area contributed by atoms with Gasteiger partial charge >= 0.3 is 0 Å². The van der Waals surface area contributed by atoms with Gasteiger partial charge in [-0.1, -0.05) is 31.9 Å². The summed E-state index contributed by atoms with van der Waals surface area (Å²) in [5.41, 5.74) is 2.28. The second-order valence-electron chi connectivity index (χ2n) is 2.02. The van der Waals surface area contributed by atoms with Gasteiger partial charge in [0.05, 0.1) is 5.69 Å². The summed E-state index contributed by atoms with van der Waals surface area (Å²) in [4.78, 5) is 0. The maximum atomic E-state index is 4.24. The molecule has 10 heavy (non-hydrogen) atoms. The number of alkyl halides is 2. The van der Waals surface area contributed by atoms with Crippen LogP contribution in [0.5, 0.6) is 0 Å². The quantitative estimate of drug-likeness (QED) is 0.752. The molecule has 0 radical (unpaired) electrons. The van der Waals surface area contributed by atoms with Crippen molar-refractivity contribution in [2.45, 2.75) is 10.7 Å². The third-order valence-corrected chi connectivity index (χ3v) is 2.45. The third kappa shape index (κ3) is 1.61. The summed E-state index contributed by atoms with van der Waals surface area (Å²) < 4.78 is 1.88. The standard InChI is InChI=1S/C6H8Br2N2/c1-10-6(4-8)2-5(3-7)9-10/h2H,3-4H2,1H3. The Bertz CT molecular complexity index is 220. The molecule has 2 nitrogen and oxygen atoms in total. The molecule has 0 bridgehead atoms. The normalized spacial score (nSPS) is 10.3. The maximum absolute atomic E-state index is 4.24. The van der Waals surface area contributed by atoms with Gasteiger partial charge in [-0.2, -0.15) is 5.10 Å². The summed E-state index contributed by atoms with van der Waals surface area (Å²) in [6.07, 6.45) is 0. The van der Waals surface area contributed by atoms with Crippen molar-refractivity contribution in [3.63, 3.8) is 0 Å². The first-order valence-electron chi connectivity index (χ1n) is 2.91. The second-order valence-corrected chi connectivity index (χ2v) is 3.14. The zero-order chi connectivity index (χ0) is 7.56. The van der Waals surface area contributed by atoms with Crippen LogP contribution in [-0.2, 0) is 17.7 Å². The first-order chi connectivity index (χ1) is 4.77. The van der Waals surface area contributed by atoms with Crippen LogP contribution < -0.4 is 0 Å². The van der Waals surface area contributed by atoms with Crippen LogP contribution in [0.4, 0.5) is 0 Å². The number of aryl methyl sites for hydroxylation is 1. The molecule has 0 aliphatic heterocycles. The summed E-state index contributed by atoms with van der Waals surface area (Å²) >= 11 is 6.72. The highest BCUT2D eigenvalue weighted by Gasteiger charge is 2.00. The fourth-order valence-electron chi connectivity index (χ4n) is 0.762. The summed E-state index contributed by atoms with van der Waals surface area (Å²) in [6.45, 7) is 0. The third-order valence-electron chi connectivity index (χ3n) is 1.30. The van der Waals surface area contributed by atoms with Crippen LogP contribution in [0.25, 0.3) is 0 Å². The fourth-order valence-corrected chi connectivity index (χ4v) is 1.56. The minimum Gasteiger partial charge on any atom is -0.272 e. The Morgan fingerprint density at radius 1 is 1.50 bits per heavy atom. The van der Waals surface area contributed by atoms with Crippen LogP contribution >= 0.6 is 31.9 Å². The van der Waals surface area contributed by atoms with Gasteiger partial charge in [0, 0.05) is 23.4 Å². The van der Waals surface area contributed by atoms with Crippen LogP contribution in [0.15, 0.2) is 6.07 Å². The Kier molecular flexibility index (Phi) is 2.92.